The van der Waals surface area contributed by atoms with Gasteiger partial charge in [-0.3, -0.25) is 57.5 Å². The molecule has 0 aromatic carbocycles. The van der Waals surface area contributed by atoms with E-state index >= 15 is 19.2 Å². The molecule has 0 aromatic rings. The molecule has 2 heterocycles. The van der Waals surface area contributed by atoms with E-state index in [0.717, 1.165) is 114 Å². The van der Waals surface area contributed by atoms with Crippen LogP contribution in [0.15, 0.2) is 0 Å². The highest BCUT2D eigenvalue weighted by Crippen LogP contribution is 2.33. The SMILES string of the molecule is CC(C)C[C@H]1C(=O)N[C@@H](CCCC2CCCCC2)C(=O)N(C)[C@@H](CC2CCCCC2)C(=O)N(C)[C@@H](C(C)C)C(=O)N[C@H](C(=O)N2CCCCC2)CC(=O)N[C@H](C)C(=O)N(C)[C@@H](CC2CCCCC2)C(=O)N[C@@H](C(C)C)C(=O)N(C)[C@@H](CC(C)C)C(=O)N[C@@H]([C@@H](C)O)C(=O)N(C)CC(=O)N1C. The molecule has 11 atom stereocenters. The van der Waals surface area contributed by atoms with Gasteiger partial charge in [0.1, 0.15) is 60.4 Å². The van der Waals surface area contributed by atoms with Gasteiger partial charge in [-0.25, -0.2) is 0 Å². The minimum atomic E-state index is -1.62. The van der Waals surface area contributed by atoms with Gasteiger partial charge < -0.3 is 66.0 Å². The highest BCUT2D eigenvalue weighted by molar-refractivity contribution is 6.00. The topological polar surface area (TPSA) is 308 Å². The van der Waals surface area contributed by atoms with Crippen LogP contribution in [0.4, 0.5) is 0 Å². The number of hydrogen-bond donors (Lipinski definition) is 6. The molecule has 100 heavy (non-hydrogen) atoms. The lowest BCUT2D eigenvalue weighted by Crippen LogP contribution is -2.62. The van der Waals surface area contributed by atoms with Crippen LogP contribution < -0.4 is 26.6 Å². The lowest BCUT2D eigenvalue weighted by atomic mass is 9.83. The Bertz CT molecular complexity index is 2740. The number of likely N-dealkylation sites (tertiary alicyclic amines) is 1. The first-order valence-electron chi connectivity index (χ1n) is 38.2. The van der Waals surface area contributed by atoms with Crippen molar-refractivity contribution in [2.75, 3.05) is 61.9 Å². The Labute approximate surface area is 598 Å². The largest absolute Gasteiger partial charge is 0.391 e. The Morgan fingerprint density at radius 3 is 1.42 bits per heavy atom. The predicted molar refractivity (Wildman–Crippen MR) is 384 cm³/mol. The Morgan fingerprint density at radius 2 is 0.910 bits per heavy atom. The number of rotatable bonds is 16. The molecule has 25 heteroatoms. The van der Waals surface area contributed by atoms with Crippen molar-refractivity contribution < 1.29 is 62.6 Å². The second-order valence-electron chi connectivity index (χ2n) is 31.9. The molecule has 0 aromatic heterocycles. The Kier molecular flexibility index (Phi) is 34.1. The van der Waals surface area contributed by atoms with Gasteiger partial charge in [-0.05, 0) is 107 Å². The van der Waals surface area contributed by atoms with Crippen molar-refractivity contribution >= 4 is 70.9 Å². The molecule has 3 aliphatic carbocycles. The van der Waals surface area contributed by atoms with E-state index in [1.54, 1.807) is 39.6 Å². The maximum absolute atomic E-state index is 15.6. The second-order valence-corrected chi connectivity index (χ2v) is 31.9. The van der Waals surface area contributed by atoms with E-state index in [2.05, 4.69) is 26.6 Å². The number of carbonyl (C=O) groups excluding carboxylic acids is 12. The van der Waals surface area contributed by atoms with Crippen molar-refractivity contribution in [3.63, 3.8) is 0 Å². The zero-order chi connectivity index (χ0) is 74.4. The zero-order valence-corrected chi connectivity index (χ0v) is 63.9. The molecule has 5 rings (SSSR count). The molecule has 0 unspecified atom stereocenters. The summed E-state index contributed by atoms with van der Waals surface area (Å²) in [5.74, 6) is -8.78. The maximum atomic E-state index is 15.6. The summed E-state index contributed by atoms with van der Waals surface area (Å²) < 4.78 is 0. The number of aliphatic hydroxyl groups is 1. The number of carbonyl (C=O) groups is 12. The summed E-state index contributed by atoms with van der Waals surface area (Å²) in [7, 11) is 8.75. The highest BCUT2D eigenvalue weighted by Gasteiger charge is 2.45. The minimum Gasteiger partial charge on any atom is -0.391 e. The third-order valence-corrected chi connectivity index (χ3v) is 22.0. The number of nitrogens with one attached hydrogen (secondary N) is 5. The van der Waals surface area contributed by atoms with Gasteiger partial charge in [0, 0.05) is 55.4 Å². The Morgan fingerprint density at radius 1 is 0.450 bits per heavy atom. The fourth-order valence-electron chi connectivity index (χ4n) is 15.8. The van der Waals surface area contributed by atoms with E-state index in [1.165, 1.54) is 73.6 Å². The van der Waals surface area contributed by atoms with Crippen molar-refractivity contribution in [3.05, 3.63) is 0 Å². The third kappa shape index (κ3) is 24.4. The Hall–Kier alpha value is -6.40. The van der Waals surface area contributed by atoms with Crippen molar-refractivity contribution in [2.45, 2.75) is 303 Å². The first-order valence-corrected chi connectivity index (χ1v) is 38.2. The quantitative estimate of drug-likeness (QED) is 0.105. The van der Waals surface area contributed by atoms with Crippen molar-refractivity contribution in [2.24, 2.45) is 41.4 Å². The molecule has 12 amide bonds. The number of piperidine rings is 1. The smallest absolute Gasteiger partial charge is 0.248 e. The first kappa shape index (κ1) is 84.3. The predicted octanol–water partition coefficient (Wildman–Crippen LogP) is 5.92. The molecule has 0 spiro atoms. The number of likely N-dealkylation sites (N-methyl/N-ethyl adjacent to an activating group) is 6. The molecular formula is C75H130N12O13. The molecule has 6 N–H and O–H groups in total. The van der Waals surface area contributed by atoms with E-state index in [-0.39, 0.29) is 55.8 Å². The van der Waals surface area contributed by atoms with Crippen LogP contribution in [0.25, 0.3) is 0 Å². The normalized spacial score (nSPS) is 28.4. The van der Waals surface area contributed by atoms with Gasteiger partial charge in [-0.1, -0.05) is 165 Å². The monoisotopic (exact) mass is 1410 g/mol. The summed E-state index contributed by atoms with van der Waals surface area (Å²) in [6, 6.07) is -12.6. The van der Waals surface area contributed by atoms with Crippen LogP contribution in [-0.4, -0.2) is 239 Å². The van der Waals surface area contributed by atoms with E-state index in [1.807, 2.05) is 27.7 Å². The van der Waals surface area contributed by atoms with Crippen molar-refractivity contribution in [1.29, 1.82) is 0 Å². The maximum Gasteiger partial charge on any atom is 0.248 e. The molecule has 2 aliphatic heterocycles. The van der Waals surface area contributed by atoms with Crippen LogP contribution in [-0.2, 0) is 57.5 Å². The summed E-state index contributed by atoms with van der Waals surface area (Å²) in [5.41, 5.74) is 0. The molecule has 5 fully saturated rings. The van der Waals surface area contributed by atoms with E-state index in [0.29, 0.717) is 38.3 Å². The van der Waals surface area contributed by atoms with E-state index in [4.69, 9.17) is 0 Å². The fraction of sp³-hybridized carbons (Fsp3) is 0.840. The molecular weight excluding hydrogens is 1280 g/mol. The number of nitrogens with zero attached hydrogens (tertiary/aromatic N) is 7. The minimum absolute atomic E-state index is 0.0366. The van der Waals surface area contributed by atoms with Gasteiger partial charge in [0.15, 0.2) is 0 Å². The lowest BCUT2D eigenvalue weighted by Gasteiger charge is -2.39. The van der Waals surface area contributed by atoms with E-state index < -0.39 is 162 Å². The van der Waals surface area contributed by atoms with Crippen LogP contribution in [0.1, 0.15) is 236 Å². The van der Waals surface area contributed by atoms with Crippen LogP contribution in [0.5, 0.6) is 0 Å². The second kappa shape index (κ2) is 40.4. The average Bonchev–Trinajstić information content (AvgIpc) is 0.812. The highest BCUT2D eigenvalue weighted by atomic mass is 16.3. The van der Waals surface area contributed by atoms with Gasteiger partial charge in [0.2, 0.25) is 70.9 Å². The molecule has 3 saturated carbocycles. The molecule has 0 radical (unpaired) electrons. The lowest BCUT2D eigenvalue weighted by molar-refractivity contribution is -0.151. The summed E-state index contributed by atoms with van der Waals surface area (Å²) in [6.07, 6.45) is 17.0. The molecule has 25 nitrogen and oxygen atoms in total. The van der Waals surface area contributed by atoms with Gasteiger partial charge in [-0.15, -0.1) is 0 Å². The third-order valence-electron chi connectivity index (χ3n) is 22.0. The van der Waals surface area contributed by atoms with Crippen LogP contribution in [0.2, 0.25) is 0 Å². The summed E-state index contributed by atoms with van der Waals surface area (Å²) >= 11 is 0. The fourth-order valence-corrected chi connectivity index (χ4v) is 15.8. The molecule has 0 bridgehead atoms. The van der Waals surface area contributed by atoms with Gasteiger partial charge in [0.25, 0.3) is 0 Å². The average molecular weight is 1410 g/mol. The number of amides is 12. The van der Waals surface area contributed by atoms with Crippen LogP contribution >= 0.6 is 0 Å². The van der Waals surface area contributed by atoms with Crippen LogP contribution in [0, 0.1) is 41.4 Å². The van der Waals surface area contributed by atoms with Crippen molar-refractivity contribution in [3.8, 4) is 0 Å². The number of aliphatic hydroxyl groups excluding tert-OH is 1. The molecule has 5 aliphatic rings. The number of hydrogen-bond acceptors (Lipinski definition) is 13. The first-order chi connectivity index (χ1) is 47.1. The molecule has 568 valence electrons. The zero-order valence-electron chi connectivity index (χ0n) is 63.9. The van der Waals surface area contributed by atoms with Gasteiger partial charge in [0.05, 0.1) is 19.1 Å². The van der Waals surface area contributed by atoms with Crippen LogP contribution in [0.3, 0.4) is 0 Å². The summed E-state index contributed by atoms with van der Waals surface area (Å²) in [6.45, 7) is 17.5. The van der Waals surface area contributed by atoms with Gasteiger partial charge >= 0.3 is 0 Å². The van der Waals surface area contributed by atoms with Crippen molar-refractivity contribution in [1.82, 2.24) is 60.9 Å². The summed E-state index contributed by atoms with van der Waals surface area (Å²) in [5, 5.41) is 25.6. The standard InChI is InChI=1S/C75H130N12O13/c1-46(2)40-57-66(91)77-55(37-29-36-52-30-21-17-22-31-52)71(96)85(15)60(43-54-34-25-19-26-35-54)73(98)86(16)65(49(7)8)69(94)78-56(72(97)87-38-27-20-28-39-87)44-61(89)76-50(9)70(95)83(13)59(42-53-32-23-18-24-33-53)68(93)79-63(48(5)6)75(100)84(14)58(41-47(3)4)67(92)80-64(51(10)88)74(99)81(11)45-62(90)82(57)12/h46-60,63-65,88H,17-45H2,1-16H3,(H,76,89)(H,77,91)(H,78,94)(H,79,93)(H,80,92)/t50-,51-,55+,56+,57+,58+,59+,60+,63+,64+,65+/m1/s1. The molecule has 2 saturated heterocycles. The van der Waals surface area contributed by atoms with Gasteiger partial charge in [-0.2, -0.15) is 0 Å². The Balaban J connectivity index is 1.64. The summed E-state index contributed by atoms with van der Waals surface area (Å²) in [4.78, 5) is 188. The van der Waals surface area contributed by atoms with E-state index in [9.17, 15) is 43.5 Å².